The Labute approximate surface area is 183 Å². The van der Waals surface area contributed by atoms with E-state index in [1.807, 2.05) is 31.2 Å². The monoisotopic (exact) mass is 437 g/mol. The number of hydrogen-bond acceptors (Lipinski definition) is 5. The molecule has 4 rings (SSSR count). The molecule has 1 aliphatic rings. The number of nitrogens with one attached hydrogen (secondary N) is 4. The summed E-state index contributed by atoms with van der Waals surface area (Å²) in [6, 6.07) is 12.7. The SMILES string of the molecule is Cc1ccc(Nc2nc3c(c(=O)[nH]2)C(C(=O)Nc2cccc(Cl)c2C)CC(=O)N3)cc1. The van der Waals surface area contributed by atoms with Crippen molar-refractivity contribution in [2.24, 2.45) is 0 Å². The first-order valence-corrected chi connectivity index (χ1v) is 10.0. The summed E-state index contributed by atoms with van der Waals surface area (Å²) in [6.07, 6.45) is -0.159. The van der Waals surface area contributed by atoms with Crippen LogP contribution in [0.4, 0.5) is 23.1 Å². The lowest BCUT2D eigenvalue weighted by Crippen LogP contribution is -2.36. The van der Waals surface area contributed by atoms with E-state index in [0.29, 0.717) is 16.3 Å². The number of carbonyl (C=O) groups is 2. The summed E-state index contributed by atoms with van der Waals surface area (Å²) in [7, 11) is 0. The summed E-state index contributed by atoms with van der Waals surface area (Å²) in [5, 5.41) is 8.87. The molecule has 158 valence electrons. The maximum atomic E-state index is 13.0. The number of carbonyl (C=O) groups excluding carboxylic acids is 2. The van der Waals surface area contributed by atoms with Gasteiger partial charge in [0.25, 0.3) is 5.56 Å². The number of aromatic nitrogens is 2. The van der Waals surface area contributed by atoms with Crippen LogP contribution in [-0.4, -0.2) is 21.8 Å². The molecule has 0 saturated carbocycles. The van der Waals surface area contributed by atoms with Gasteiger partial charge in [-0.3, -0.25) is 19.4 Å². The minimum absolute atomic E-state index is 0.0672. The van der Waals surface area contributed by atoms with Crippen LogP contribution in [0.2, 0.25) is 5.02 Å². The van der Waals surface area contributed by atoms with Gasteiger partial charge < -0.3 is 16.0 Å². The van der Waals surface area contributed by atoms with Crippen molar-refractivity contribution in [1.82, 2.24) is 9.97 Å². The lowest BCUT2D eigenvalue weighted by molar-refractivity contribution is -0.123. The number of H-pyrrole nitrogens is 1. The van der Waals surface area contributed by atoms with E-state index in [1.54, 1.807) is 25.1 Å². The quantitative estimate of drug-likeness (QED) is 0.494. The van der Waals surface area contributed by atoms with Crippen molar-refractivity contribution in [3.05, 3.63) is 74.5 Å². The third-order valence-corrected chi connectivity index (χ3v) is 5.52. The van der Waals surface area contributed by atoms with Crippen LogP contribution in [0.5, 0.6) is 0 Å². The Kier molecular flexibility index (Phi) is 5.48. The number of benzene rings is 2. The average Bonchev–Trinajstić information content (AvgIpc) is 2.72. The number of fused-ring (bicyclic) bond motifs is 1. The second kappa shape index (κ2) is 8.23. The summed E-state index contributed by atoms with van der Waals surface area (Å²) >= 11 is 6.12. The first-order chi connectivity index (χ1) is 14.8. The van der Waals surface area contributed by atoms with Crippen LogP contribution in [0.25, 0.3) is 0 Å². The number of aromatic amines is 1. The molecule has 2 amide bonds. The number of rotatable bonds is 4. The molecular formula is C22H20ClN5O3. The van der Waals surface area contributed by atoms with E-state index >= 15 is 0 Å². The molecule has 0 saturated heterocycles. The van der Waals surface area contributed by atoms with E-state index in [0.717, 1.165) is 11.3 Å². The molecule has 4 N–H and O–H groups in total. The van der Waals surface area contributed by atoms with Gasteiger partial charge in [-0.15, -0.1) is 0 Å². The first kappa shape index (κ1) is 20.6. The van der Waals surface area contributed by atoms with Gasteiger partial charge >= 0.3 is 0 Å². The molecule has 2 aromatic carbocycles. The standard InChI is InChI=1S/C22H20ClN5O3/c1-11-6-8-13(9-7-11)24-22-27-19-18(21(31)28-22)14(10-17(29)26-19)20(30)25-16-5-3-4-15(23)12(16)2/h3-9,14H,10H2,1-2H3,(H,25,30)(H3,24,26,27,28,29,31). The Morgan fingerprint density at radius 2 is 1.87 bits per heavy atom. The van der Waals surface area contributed by atoms with Crippen molar-refractivity contribution in [2.45, 2.75) is 26.2 Å². The highest BCUT2D eigenvalue weighted by Crippen LogP contribution is 2.31. The minimum Gasteiger partial charge on any atom is -0.326 e. The summed E-state index contributed by atoms with van der Waals surface area (Å²) in [4.78, 5) is 45.0. The topological polar surface area (TPSA) is 116 Å². The number of anilines is 4. The Bertz CT molecular complexity index is 1240. The molecule has 1 atom stereocenters. The third-order valence-electron chi connectivity index (χ3n) is 5.11. The average molecular weight is 438 g/mol. The summed E-state index contributed by atoms with van der Waals surface area (Å²) < 4.78 is 0. The minimum atomic E-state index is -0.980. The summed E-state index contributed by atoms with van der Waals surface area (Å²) in [5.74, 6) is -1.62. The Morgan fingerprint density at radius 3 is 2.61 bits per heavy atom. The van der Waals surface area contributed by atoms with Gasteiger partial charge in [0.2, 0.25) is 17.8 Å². The largest absolute Gasteiger partial charge is 0.326 e. The van der Waals surface area contributed by atoms with E-state index in [2.05, 4.69) is 25.9 Å². The van der Waals surface area contributed by atoms with Crippen molar-refractivity contribution in [2.75, 3.05) is 16.0 Å². The zero-order valence-electron chi connectivity index (χ0n) is 16.9. The van der Waals surface area contributed by atoms with Gasteiger partial charge in [0, 0.05) is 22.8 Å². The highest BCUT2D eigenvalue weighted by atomic mass is 35.5. The fraction of sp³-hybridized carbons (Fsp3) is 0.182. The predicted octanol–water partition coefficient (Wildman–Crippen LogP) is 3.85. The van der Waals surface area contributed by atoms with Crippen LogP contribution in [0.3, 0.4) is 0 Å². The van der Waals surface area contributed by atoms with Crippen LogP contribution in [0, 0.1) is 13.8 Å². The number of halogens is 1. The smallest absolute Gasteiger partial charge is 0.258 e. The van der Waals surface area contributed by atoms with Crippen molar-refractivity contribution < 1.29 is 9.59 Å². The normalized spacial score (nSPS) is 15.1. The van der Waals surface area contributed by atoms with E-state index < -0.39 is 23.3 Å². The molecule has 0 bridgehead atoms. The van der Waals surface area contributed by atoms with Gasteiger partial charge in [-0.2, -0.15) is 4.98 Å². The van der Waals surface area contributed by atoms with Crippen LogP contribution in [-0.2, 0) is 9.59 Å². The first-order valence-electron chi connectivity index (χ1n) is 9.65. The lowest BCUT2D eigenvalue weighted by atomic mass is 9.92. The molecule has 0 radical (unpaired) electrons. The second-order valence-electron chi connectivity index (χ2n) is 7.37. The second-order valence-corrected chi connectivity index (χ2v) is 7.78. The van der Waals surface area contributed by atoms with Crippen LogP contribution < -0.4 is 21.5 Å². The maximum absolute atomic E-state index is 13.0. The molecule has 0 fully saturated rings. The highest BCUT2D eigenvalue weighted by Gasteiger charge is 2.35. The molecule has 31 heavy (non-hydrogen) atoms. The molecule has 0 spiro atoms. The highest BCUT2D eigenvalue weighted by molar-refractivity contribution is 6.31. The van der Waals surface area contributed by atoms with Gasteiger partial charge in [-0.05, 0) is 43.7 Å². The number of hydrogen-bond donors (Lipinski definition) is 4. The van der Waals surface area contributed by atoms with E-state index in [4.69, 9.17) is 11.6 Å². The van der Waals surface area contributed by atoms with Crippen LogP contribution in [0.1, 0.15) is 29.0 Å². The van der Waals surface area contributed by atoms with Crippen molar-refractivity contribution in [3.63, 3.8) is 0 Å². The molecule has 1 unspecified atom stereocenters. The summed E-state index contributed by atoms with van der Waals surface area (Å²) in [6.45, 7) is 3.74. The fourth-order valence-electron chi connectivity index (χ4n) is 3.39. The molecule has 0 aliphatic carbocycles. The van der Waals surface area contributed by atoms with Gasteiger partial charge in [0.05, 0.1) is 11.5 Å². The predicted molar refractivity (Wildman–Crippen MR) is 120 cm³/mol. The van der Waals surface area contributed by atoms with Crippen molar-refractivity contribution >= 4 is 46.6 Å². The van der Waals surface area contributed by atoms with E-state index in [-0.39, 0.29) is 23.8 Å². The Morgan fingerprint density at radius 1 is 1.13 bits per heavy atom. The third kappa shape index (κ3) is 4.29. The Balaban J connectivity index is 1.65. The maximum Gasteiger partial charge on any atom is 0.258 e. The summed E-state index contributed by atoms with van der Waals surface area (Å²) in [5.41, 5.74) is 2.65. The molecule has 3 aromatic rings. The number of amides is 2. The molecule has 8 nitrogen and oxygen atoms in total. The van der Waals surface area contributed by atoms with Crippen LogP contribution in [0.15, 0.2) is 47.3 Å². The zero-order chi connectivity index (χ0) is 22.1. The zero-order valence-corrected chi connectivity index (χ0v) is 17.6. The van der Waals surface area contributed by atoms with Gasteiger partial charge in [-0.25, -0.2) is 0 Å². The molecular weight excluding hydrogens is 418 g/mol. The molecule has 2 heterocycles. The lowest BCUT2D eigenvalue weighted by Gasteiger charge is -2.24. The number of nitrogens with zero attached hydrogens (tertiary/aromatic N) is 1. The number of aryl methyl sites for hydroxylation is 1. The van der Waals surface area contributed by atoms with Gasteiger partial charge in [0.1, 0.15) is 5.82 Å². The van der Waals surface area contributed by atoms with Crippen LogP contribution >= 0.6 is 11.6 Å². The van der Waals surface area contributed by atoms with E-state index in [9.17, 15) is 14.4 Å². The van der Waals surface area contributed by atoms with Gasteiger partial charge in [0.15, 0.2) is 0 Å². The van der Waals surface area contributed by atoms with E-state index in [1.165, 1.54) is 0 Å². The van der Waals surface area contributed by atoms with Crippen molar-refractivity contribution in [3.8, 4) is 0 Å². The molecule has 9 heteroatoms. The van der Waals surface area contributed by atoms with Crippen molar-refractivity contribution in [1.29, 1.82) is 0 Å². The Hall–Kier alpha value is -3.65. The fourth-order valence-corrected chi connectivity index (χ4v) is 3.57. The molecule has 1 aliphatic heterocycles. The van der Waals surface area contributed by atoms with Gasteiger partial charge in [-0.1, -0.05) is 35.4 Å². The molecule has 1 aromatic heterocycles.